The number of hydrogen-bond acceptors (Lipinski definition) is 2. The van der Waals surface area contributed by atoms with Gasteiger partial charge in [0.05, 0.1) is 0 Å². The van der Waals surface area contributed by atoms with E-state index >= 15 is 0 Å². The Kier molecular flexibility index (Phi) is 3.29. The van der Waals surface area contributed by atoms with Crippen molar-refractivity contribution in [1.82, 2.24) is 5.32 Å². The summed E-state index contributed by atoms with van der Waals surface area (Å²) < 4.78 is 0. The van der Waals surface area contributed by atoms with Gasteiger partial charge >= 0.3 is 0 Å². The minimum atomic E-state index is 0.284. The van der Waals surface area contributed by atoms with Gasteiger partial charge in [-0.1, -0.05) is 25.6 Å². The maximum atomic E-state index is 4.70. The molecule has 2 nitrogen and oxygen atoms in total. The van der Waals surface area contributed by atoms with Crippen molar-refractivity contribution in [3.8, 4) is 0 Å². The summed E-state index contributed by atoms with van der Waals surface area (Å²) in [5.41, 5.74) is 0.284. The largest absolute Gasteiger partial charge is 0.359 e. The molecule has 2 atom stereocenters. The summed E-state index contributed by atoms with van der Waals surface area (Å²) in [4.78, 5) is 4.70. The van der Waals surface area contributed by atoms with E-state index in [0.29, 0.717) is 0 Å². The van der Waals surface area contributed by atoms with Crippen LogP contribution >= 0.6 is 11.8 Å². The molecular weight excluding hydrogens is 204 g/mol. The van der Waals surface area contributed by atoms with E-state index in [4.69, 9.17) is 4.99 Å². The van der Waals surface area contributed by atoms with Crippen molar-refractivity contribution in [3.63, 3.8) is 0 Å². The van der Waals surface area contributed by atoms with Gasteiger partial charge in [-0.2, -0.15) is 0 Å². The Labute approximate surface area is 97.3 Å². The van der Waals surface area contributed by atoms with E-state index in [-0.39, 0.29) is 5.54 Å². The molecule has 15 heavy (non-hydrogen) atoms. The van der Waals surface area contributed by atoms with Crippen LogP contribution in [0.2, 0.25) is 0 Å². The highest BCUT2D eigenvalue weighted by Gasteiger charge is 2.31. The predicted molar refractivity (Wildman–Crippen MR) is 68.5 cm³/mol. The molecule has 1 saturated heterocycles. The van der Waals surface area contributed by atoms with Gasteiger partial charge in [-0.15, -0.1) is 0 Å². The lowest BCUT2D eigenvalue weighted by Gasteiger charge is -2.20. The van der Waals surface area contributed by atoms with E-state index in [1.165, 1.54) is 30.2 Å². The van der Waals surface area contributed by atoms with Crippen molar-refractivity contribution in [2.24, 2.45) is 16.8 Å². The lowest BCUT2D eigenvalue weighted by molar-refractivity contribution is 0.464. The Hall–Kier alpha value is -0.180. The first kappa shape index (κ1) is 11.3. The van der Waals surface area contributed by atoms with Gasteiger partial charge in [0.2, 0.25) is 0 Å². The third-order valence-corrected chi connectivity index (χ3v) is 4.95. The number of thioether (sulfide) groups is 1. The van der Waals surface area contributed by atoms with E-state index in [1.807, 2.05) is 11.8 Å². The molecule has 0 spiro atoms. The standard InChI is InChI=1S/C12H22N2S/c1-4-12(3)8-15-11(14-12)13-7-9(2)10-5-6-10/h9-10H,4-8H2,1-3H3,(H,13,14). The molecule has 0 bridgehead atoms. The molecule has 3 heteroatoms. The quantitative estimate of drug-likeness (QED) is 0.797. The van der Waals surface area contributed by atoms with Crippen LogP contribution in [0.5, 0.6) is 0 Å². The lowest BCUT2D eigenvalue weighted by atomic mass is 10.0. The number of nitrogens with zero attached hydrogens (tertiary/aromatic N) is 1. The van der Waals surface area contributed by atoms with Gasteiger partial charge in [0.1, 0.15) is 0 Å². The summed E-state index contributed by atoms with van der Waals surface area (Å²) in [7, 11) is 0. The predicted octanol–water partition coefficient (Wildman–Crippen LogP) is 2.89. The minimum absolute atomic E-state index is 0.284. The Bertz CT molecular complexity index is 260. The average Bonchev–Trinajstić information content (AvgIpc) is 3.00. The second kappa shape index (κ2) is 4.36. The molecule has 0 aromatic heterocycles. The average molecular weight is 226 g/mol. The van der Waals surface area contributed by atoms with Gasteiger partial charge in [0.25, 0.3) is 0 Å². The number of nitrogens with one attached hydrogen (secondary N) is 1. The Morgan fingerprint density at radius 1 is 1.60 bits per heavy atom. The van der Waals surface area contributed by atoms with Crippen LogP contribution in [0.25, 0.3) is 0 Å². The van der Waals surface area contributed by atoms with E-state index in [1.54, 1.807) is 0 Å². The zero-order valence-corrected chi connectivity index (χ0v) is 10.9. The summed E-state index contributed by atoms with van der Waals surface area (Å²) in [6, 6.07) is 0. The smallest absolute Gasteiger partial charge is 0.157 e. The molecule has 86 valence electrons. The zero-order chi connectivity index (χ0) is 10.9. The highest BCUT2D eigenvalue weighted by Crippen LogP contribution is 2.36. The molecule has 2 unspecified atom stereocenters. The first-order chi connectivity index (χ1) is 7.13. The van der Waals surface area contributed by atoms with Gasteiger partial charge < -0.3 is 5.32 Å². The Morgan fingerprint density at radius 2 is 2.33 bits per heavy atom. The van der Waals surface area contributed by atoms with E-state index in [9.17, 15) is 0 Å². The fraction of sp³-hybridized carbons (Fsp3) is 0.917. The van der Waals surface area contributed by atoms with Crippen LogP contribution in [-0.4, -0.2) is 23.0 Å². The molecule has 1 aliphatic carbocycles. The maximum absolute atomic E-state index is 4.70. The van der Waals surface area contributed by atoms with Crippen LogP contribution < -0.4 is 5.32 Å². The highest BCUT2D eigenvalue weighted by molar-refractivity contribution is 8.14. The maximum Gasteiger partial charge on any atom is 0.157 e. The molecule has 0 aromatic rings. The van der Waals surface area contributed by atoms with Crippen LogP contribution in [0.1, 0.15) is 40.0 Å². The van der Waals surface area contributed by atoms with E-state index < -0.39 is 0 Å². The summed E-state index contributed by atoms with van der Waals surface area (Å²) in [5.74, 6) is 2.92. The summed E-state index contributed by atoms with van der Waals surface area (Å²) >= 11 is 1.89. The molecule has 0 radical (unpaired) electrons. The van der Waals surface area contributed by atoms with Gasteiger partial charge in [0.15, 0.2) is 5.17 Å². The SMILES string of the molecule is CCC1(C)CSC(=NCC(C)C2CC2)N1. The van der Waals surface area contributed by atoms with Crippen LogP contribution in [0.4, 0.5) is 0 Å². The van der Waals surface area contributed by atoms with Gasteiger partial charge in [0, 0.05) is 17.8 Å². The monoisotopic (exact) mass is 226 g/mol. The highest BCUT2D eigenvalue weighted by atomic mass is 32.2. The molecule has 1 aliphatic heterocycles. The van der Waals surface area contributed by atoms with E-state index in [2.05, 4.69) is 26.1 Å². The summed E-state index contributed by atoms with van der Waals surface area (Å²) in [5, 5.41) is 4.72. The molecule has 2 fully saturated rings. The Morgan fingerprint density at radius 3 is 2.87 bits per heavy atom. The van der Waals surface area contributed by atoms with Crippen molar-refractivity contribution in [3.05, 3.63) is 0 Å². The summed E-state index contributed by atoms with van der Waals surface area (Å²) in [6.07, 6.45) is 4.04. The fourth-order valence-corrected chi connectivity index (χ4v) is 3.09. The third kappa shape index (κ3) is 2.90. The molecule has 2 rings (SSSR count). The van der Waals surface area contributed by atoms with Crippen LogP contribution in [0, 0.1) is 11.8 Å². The van der Waals surface area contributed by atoms with Crippen molar-refractivity contribution in [2.45, 2.75) is 45.6 Å². The number of rotatable bonds is 4. The first-order valence-corrected chi connectivity index (χ1v) is 7.07. The van der Waals surface area contributed by atoms with Crippen molar-refractivity contribution < 1.29 is 0 Å². The van der Waals surface area contributed by atoms with E-state index in [0.717, 1.165) is 18.4 Å². The third-order valence-electron chi connectivity index (χ3n) is 3.67. The molecule has 0 amide bonds. The first-order valence-electron chi connectivity index (χ1n) is 6.08. The fourth-order valence-electron chi connectivity index (χ4n) is 1.87. The number of aliphatic imine (C=N–C) groups is 1. The van der Waals surface area contributed by atoms with Crippen molar-refractivity contribution in [1.29, 1.82) is 0 Å². The number of amidine groups is 1. The molecule has 1 saturated carbocycles. The van der Waals surface area contributed by atoms with Crippen LogP contribution in [-0.2, 0) is 0 Å². The van der Waals surface area contributed by atoms with Gasteiger partial charge in [-0.3, -0.25) is 4.99 Å². The molecule has 0 aromatic carbocycles. The lowest BCUT2D eigenvalue weighted by Crippen LogP contribution is -2.39. The van der Waals surface area contributed by atoms with Gasteiger partial charge in [-0.05, 0) is 38.0 Å². The second-order valence-corrected chi connectivity index (χ2v) is 6.25. The van der Waals surface area contributed by atoms with Gasteiger partial charge in [-0.25, -0.2) is 0 Å². The molecule has 1 heterocycles. The molecular formula is C12H22N2S. The van der Waals surface area contributed by atoms with Crippen LogP contribution in [0.3, 0.4) is 0 Å². The summed E-state index contributed by atoms with van der Waals surface area (Å²) in [6.45, 7) is 7.87. The minimum Gasteiger partial charge on any atom is -0.359 e. The Balaban J connectivity index is 1.81. The zero-order valence-electron chi connectivity index (χ0n) is 10.0. The normalized spacial score (nSPS) is 35.5. The number of hydrogen-bond donors (Lipinski definition) is 1. The topological polar surface area (TPSA) is 24.4 Å². The van der Waals surface area contributed by atoms with Crippen LogP contribution in [0.15, 0.2) is 4.99 Å². The molecule has 2 aliphatic rings. The second-order valence-electron chi connectivity index (χ2n) is 5.29. The van der Waals surface area contributed by atoms with Crippen molar-refractivity contribution >= 4 is 16.9 Å². The van der Waals surface area contributed by atoms with Crippen molar-refractivity contribution in [2.75, 3.05) is 12.3 Å². The molecule has 1 N–H and O–H groups in total.